The smallest absolute Gasteiger partial charge is 0.245 e. The Morgan fingerprint density at radius 1 is 1.15 bits per heavy atom. The van der Waals surface area contributed by atoms with E-state index in [0.717, 1.165) is 6.42 Å². The Labute approximate surface area is 115 Å². The molecule has 0 amide bonds. The summed E-state index contributed by atoms with van der Waals surface area (Å²) in [7, 11) is 0. The van der Waals surface area contributed by atoms with Crippen LogP contribution in [-0.2, 0) is 0 Å². The Bertz CT molecular complexity index is 614. The zero-order valence-electron chi connectivity index (χ0n) is 10.7. The summed E-state index contributed by atoms with van der Waals surface area (Å²) in [6.45, 7) is 0.690. The molecular formula is C13H15N5O2. The van der Waals surface area contributed by atoms with Crippen LogP contribution in [0, 0.1) is 5.92 Å². The Hall–Kier alpha value is -1.99. The topological polar surface area (TPSA) is 87.3 Å². The van der Waals surface area contributed by atoms with Gasteiger partial charge in [0.15, 0.2) is 5.82 Å². The van der Waals surface area contributed by atoms with E-state index >= 15 is 0 Å². The van der Waals surface area contributed by atoms with Gasteiger partial charge in [0, 0.05) is 18.7 Å². The van der Waals surface area contributed by atoms with Gasteiger partial charge < -0.3 is 15.1 Å². The molecule has 4 atom stereocenters. The normalized spacial score (nSPS) is 32.0. The van der Waals surface area contributed by atoms with Crippen molar-refractivity contribution in [2.45, 2.75) is 24.7 Å². The molecule has 7 nitrogen and oxygen atoms in total. The number of fused-ring (bicyclic) bond motifs is 2. The maximum Gasteiger partial charge on any atom is 0.245 e. The van der Waals surface area contributed by atoms with Gasteiger partial charge in [0.05, 0.1) is 12.1 Å². The average molecular weight is 273 g/mol. The molecule has 2 aromatic rings. The van der Waals surface area contributed by atoms with E-state index in [2.05, 4.69) is 15.1 Å². The van der Waals surface area contributed by atoms with E-state index in [0.29, 0.717) is 18.3 Å². The largest absolute Gasteiger partial charge is 0.390 e. The van der Waals surface area contributed by atoms with Crippen LogP contribution in [0.15, 0.2) is 30.7 Å². The van der Waals surface area contributed by atoms with Gasteiger partial charge in [-0.2, -0.15) is 4.98 Å². The Balaban J connectivity index is 1.61. The second-order valence-corrected chi connectivity index (χ2v) is 5.37. The number of hydrogen-bond donors (Lipinski definition) is 2. The molecule has 20 heavy (non-hydrogen) atoms. The maximum atomic E-state index is 9.98. The van der Waals surface area contributed by atoms with Crippen LogP contribution in [0.3, 0.4) is 0 Å². The molecule has 3 heterocycles. The van der Waals surface area contributed by atoms with Gasteiger partial charge in [-0.25, -0.2) is 9.67 Å². The molecule has 0 radical (unpaired) electrons. The molecule has 2 fully saturated rings. The highest BCUT2D eigenvalue weighted by Crippen LogP contribution is 2.39. The van der Waals surface area contributed by atoms with E-state index in [1.807, 2.05) is 23.1 Å². The number of anilines is 1. The lowest BCUT2D eigenvalue weighted by atomic mass is 10.0. The molecule has 0 aromatic carbocycles. The Kier molecular flexibility index (Phi) is 2.51. The molecule has 0 unspecified atom stereocenters. The molecule has 1 saturated carbocycles. The standard InChI is InChI=1S/C13H15N5O2/c19-11-8-5-9(12(11)20)17(6-8)13-15-7-18(16-13)10-3-1-2-4-14-10/h1-4,7-9,11-12,19-20H,5-6H2/t8-,9-,11-,12+/m0/s1. The van der Waals surface area contributed by atoms with E-state index < -0.39 is 12.2 Å². The minimum Gasteiger partial charge on any atom is -0.390 e. The zero-order valence-corrected chi connectivity index (χ0v) is 10.7. The van der Waals surface area contributed by atoms with Crippen LogP contribution in [0.2, 0.25) is 0 Å². The van der Waals surface area contributed by atoms with Gasteiger partial charge in [-0.1, -0.05) is 6.07 Å². The quantitative estimate of drug-likeness (QED) is 0.773. The van der Waals surface area contributed by atoms with Crippen molar-refractivity contribution in [2.75, 3.05) is 11.4 Å². The molecular weight excluding hydrogens is 258 g/mol. The number of rotatable bonds is 2. The van der Waals surface area contributed by atoms with E-state index in [9.17, 15) is 10.2 Å². The van der Waals surface area contributed by atoms with E-state index in [1.54, 1.807) is 17.2 Å². The van der Waals surface area contributed by atoms with E-state index in [1.165, 1.54) is 0 Å². The van der Waals surface area contributed by atoms with Crippen molar-refractivity contribution in [1.82, 2.24) is 19.7 Å². The molecule has 1 saturated heterocycles. The van der Waals surface area contributed by atoms with Crippen LogP contribution in [0.5, 0.6) is 0 Å². The molecule has 2 aliphatic rings. The first-order valence-corrected chi connectivity index (χ1v) is 6.70. The summed E-state index contributed by atoms with van der Waals surface area (Å²) in [6.07, 6.45) is 2.78. The SMILES string of the molecule is O[C@H]1[C@H]2C[C@@H]([C@H]1O)N(c1ncn(-c3ccccn3)n1)C2. The highest BCUT2D eigenvalue weighted by atomic mass is 16.3. The second-order valence-electron chi connectivity index (χ2n) is 5.37. The number of aromatic nitrogens is 4. The lowest BCUT2D eigenvalue weighted by Crippen LogP contribution is -2.48. The van der Waals surface area contributed by atoms with Gasteiger partial charge in [0.1, 0.15) is 12.4 Å². The minimum absolute atomic E-state index is 0.0883. The molecule has 2 bridgehead atoms. The van der Waals surface area contributed by atoms with Crippen molar-refractivity contribution in [3.05, 3.63) is 30.7 Å². The van der Waals surface area contributed by atoms with E-state index in [-0.39, 0.29) is 12.0 Å². The summed E-state index contributed by atoms with van der Waals surface area (Å²) in [5.41, 5.74) is 0. The molecule has 1 aliphatic carbocycles. The van der Waals surface area contributed by atoms with Crippen molar-refractivity contribution < 1.29 is 10.2 Å². The highest BCUT2D eigenvalue weighted by Gasteiger charge is 2.51. The Morgan fingerprint density at radius 2 is 2.05 bits per heavy atom. The van der Waals surface area contributed by atoms with Crippen molar-refractivity contribution in [3.63, 3.8) is 0 Å². The van der Waals surface area contributed by atoms with Gasteiger partial charge in [-0.3, -0.25) is 0 Å². The fourth-order valence-electron chi connectivity index (χ4n) is 3.19. The third kappa shape index (κ3) is 1.63. The van der Waals surface area contributed by atoms with Gasteiger partial charge in [0.25, 0.3) is 0 Å². The van der Waals surface area contributed by atoms with Gasteiger partial charge in [-0.05, 0) is 18.6 Å². The Morgan fingerprint density at radius 3 is 2.75 bits per heavy atom. The number of hydrogen-bond acceptors (Lipinski definition) is 6. The summed E-state index contributed by atoms with van der Waals surface area (Å²) >= 11 is 0. The second kappa shape index (κ2) is 4.26. The molecule has 2 N–H and O–H groups in total. The lowest BCUT2D eigenvalue weighted by Gasteiger charge is -2.32. The van der Waals surface area contributed by atoms with Gasteiger partial charge in [0.2, 0.25) is 5.95 Å². The monoisotopic (exact) mass is 273 g/mol. The van der Waals surface area contributed by atoms with Crippen molar-refractivity contribution in [2.24, 2.45) is 5.92 Å². The number of piperidine rings is 1. The van der Waals surface area contributed by atoms with Crippen molar-refractivity contribution in [1.29, 1.82) is 0 Å². The molecule has 2 aromatic heterocycles. The van der Waals surface area contributed by atoms with Crippen LogP contribution >= 0.6 is 0 Å². The fourth-order valence-corrected chi connectivity index (χ4v) is 3.19. The molecule has 1 aliphatic heterocycles. The van der Waals surface area contributed by atoms with Crippen LogP contribution < -0.4 is 4.90 Å². The van der Waals surface area contributed by atoms with Crippen LogP contribution in [-0.4, -0.2) is 54.8 Å². The highest BCUT2D eigenvalue weighted by molar-refractivity contribution is 5.37. The summed E-state index contributed by atoms with van der Waals surface area (Å²) in [6, 6.07) is 5.50. The third-order valence-corrected chi connectivity index (χ3v) is 4.22. The first-order chi connectivity index (χ1) is 9.74. The van der Waals surface area contributed by atoms with Crippen molar-refractivity contribution in [3.8, 4) is 5.82 Å². The number of nitrogens with zero attached hydrogens (tertiary/aromatic N) is 5. The molecule has 4 rings (SSSR count). The number of pyridine rings is 1. The number of aliphatic hydroxyl groups excluding tert-OH is 2. The van der Waals surface area contributed by atoms with Crippen LogP contribution in [0.25, 0.3) is 5.82 Å². The predicted octanol–water partition coefficient (Wildman–Crippen LogP) is -0.407. The predicted molar refractivity (Wildman–Crippen MR) is 70.4 cm³/mol. The molecule has 0 spiro atoms. The summed E-state index contributed by atoms with van der Waals surface area (Å²) in [5, 5.41) is 24.2. The summed E-state index contributed by atoms with van der Waals surface area (Å²) in [5.74, 6) is 1.39. The molecule has 104 valence electrons. The lowest BCUT2D eigenvalue weighted by molar-refractivity contribution is 0.00272. The average Bonchev–Trinajstić information content (AvgIpc) is 3.17. The first kappa shape index (κ1) is 11.8. The van der Waals surface area contributed by atoms with Crippen molar-refractivity contribution >= 4 is 5.95 Å². The minimum atomic E-state index is -0.712. The van der Waals surface area contributed by atoms with E-state index in [4.69, 9.17) is 0 Å². The number of aliphatic hydroxyl groups is 2. The first-order valence-electron chi connectivity index (χ1n) is 6.70. The fraction of sp³-hybridized carbons (Fsp3) is 0.462. The van der Waals surface area contributed by atoms with Gasteiger partial charge >= 0.3 is 0 Å². The molecule has 7 heteroatoms. The summed E-state index contributed by atoms with van der Waals surface area (Å²) < 4.78 is 1.62. The van der Waals surface area contributed by atoms with Gasteiger partial charge in [-0.15, -0.1) is 5.10 Å². The van der Waals surface area contributed by atoms with Crippen LogP contribution in [0.4, 0.5) is 5.95 Å². The zero-order chi connectivity index (χ0) is 13.7. The third-order valence-electron chi connectivity index (χ3n) is 4.22. The summed E-state index contributed by atoms with van der Waals surface area (Å²) in [4.78, 5) is 10.5. The maximum absolute atomic E-state index is 9.98. The van der Waals surface area contributed by atoms with Crippen LogP contribution in [0.1, 0.15) is 6.42 Å².